The quantitative estimate of drug-likeness (QED) is 0.875. The lowest BCUT2D eigenvalue weighted by Crippen LogP contribution is -2.43. The number of hydrogen-bond donors (Lipinski definition) is 1. The predicted octanol–water partition coefficient (Wildman–Crippen LogP) is 3.15. The Balaban J connectivity index is 1.95. The molecule has 4 nitrogen and oxygen atoms in total. The zero-order valence-electron chi connectivity index (χ0n) is 13.1. The maximum absolute atomic E-state index is 12.5. The van der Waals surface area contributed by atoms with Crippen LogP contribution in [-0.2, 0) is 4.74 Å². The van der Waals surface area contributed by atoms with E-state index in [1.807, 2.05) is 36.1 Å². The molecule has 1 fully saturated rings. The molecule has 21 heavy (non-hydrogen) atoms. The molecule has 1 aliphatic heterocycles. The zero-order valence-corrected chi connectivity index (χ0v) is 13.1. The molecule has 116 valence electrons. The number of nitrogens with one attached hydrogen (secondary N) is 1. The highest BCUT2D eigenvalue weighted by Gasteiger charge is 2.24. The van der Waals surface area contributed by atoms with Crippen LogP contribution >= 0.6 is 0 Å². The number of rotatable bonds is 6. The van der Waals surface area contributed by atoms with Gasteiger partial charge in [0.25, 0.3) is 5.91 Å². The molecule has 1 aliphatic rings. The molecule has 1 saturated heterocycles. The van der Waals surface area contributed by atoms with Crippen molar-refractivity contribution < 1.29 is 9.53 Å². The fourth-order valence-corrected chi connectivity index (χ4v) is 2.68. The van der Waals surface area contributed by atoms with Gasteiger partial charge in [-0.2, -0.15) is 0 Å². The lowest BCUT2D eigenvalue weighted by molar-refractivity contribution is 0.00724. The molecule has 0 aromatic heterocycles. The van der Waals surface area contributed by atoms with Crippen molar-refractivity contribution in [3.05, 3.63) is 29.8 Å². The summed E-state index contributed by atoms with van der Waals surface area (Å²) in [7, 11) is 0. The Kier molecular flexibility index (Phi) is 6.05. The van der Waals surface area contributed by atoms with Gasteiger partial charge in [0.1, 0.15) is 0 Å². The molecule has 1 N–H and O–H groups in total. The normalized spacial score (nSPS) is 18.6. The number of amides is 1. The first-order valence-corrected chi connectivity index (χ1v) is 7.99. The highest BCUT2D eigenvalue weighted by Crippen LogP contribution is 2.17. The Morgan fingerprint density at radius 2 is 2.10 bits per heavy atom. The van der Waals surface area contributed by atoms with Crippen molar-refractivity contribution in [2.24, 2.45) is 0 Å². The van der Waals surface area contributed by atoms with Crippen LogP contribution in [0.4, 0.5) is 5.69 Å². The van der Waals surface area contributed by atoms with Gasteiger partial charge in [-0.1, -0.05) is 6.92 Å². The molecule has 0 bridgehead atoms. The van der Waals surface area contributed by atoms with Crippen molar-refractivity contribution in [2.45, 2.75) is 39.2 Å². The van der Waals surface area contributed by atoms with Crippen LogP contribution in [0.25, 0.3) is 0 Å². The number of anilines is 1. The molecular weight excluding hydrogens is 264 g/mol. The number of carbonyl (C=O) groups is 1. The van der Waals surface area contributed by atoms with Gasteiger partial charge in [-0.25, -0.2) is 0 Å². The van der Waals surface area contributed by atoms with E-state index in [-0.39, 0.29) is 12.0 Å². The van der Waals surface area contributed by atoms with E-state index < -0.39 is 0 Å². The summed E-state index contributed by atoms with van der Waals surface area (Å²) in [6, 6.07) is 7.77. The van der Waals surface area contributed by atoms with Crippen molar-refractivity contribution >= 4 is 11.6 Å². The van der Waals surface area contributed by atoms with Crippen molar-refractivity contribution in [3.63, 3.8) is 0 Å². The standard InChI is InChI=1S/C17H26N2O2/c1-3-11-18-15-9-7-14(8-10-15)17(20)19-12-5-6-16(13-19)21-4-2/h7-10,16,18H,3-6,11-13H2,1-2H3. The summed E-state index contributed by atoms with van der Waals surface area (Å²) in [6.07, 6.45) is 3.36. The van der Waals surface area contributed by atoms with Crippen LogP contribution in [-0.4, -0.2) is 43.2 Å². The van der Waals surface area contributed by atoms with Crippen molar-refractivity contribution in [3.8, 4) is 0 Å². The number of hydrogen-bond acceptors (Lipinski definition) is 3. The number of benzene rings is 1. The van der Waals surface area contributed by atoms with E-state index in [4.69, 9.17) is 4.74 Å². The van der Waals surface area contributed by atoms with Gasteiger partial charge < -0.3 is 15.0 Å². The maximum atomic E-state index is 12.5. The molecule has 1 aromatic carbocycles. The second-order valence-corrected chi connectivity index (χ2v) is 5.47. The molecule has 0 spiro atoms. The largest absolute Gasteiger partial charge is 0.385 e. The second-order valence-electron chi connectivity index (χ2n) is 5.47. The third-order valence-electron chi connectivity index (χ3n) is 3.78. The van der Waals surface area contributed by atoms with Crippen LogP contribution in [0.5, 0.6) is 0 Å². The fraction of sp³-hybridized carbons (Fsp3) is 0.588. The monoisotopic (exact) mass is 290 g/mol. The minimum Gasteiger partial charge on any atom is -0.385 e. The van der Waals surface area contributed by atoms with Gasteiger partial charge in [-0.15, -0.1) is 0 Å². The van der Waals surface area contributed by atoms with E-state index in [1.54, 1.807) is 0 Å². The first kappa shape index (κ1) is 15.8. The Morgan fingerprint density at radius 3 is 2.76 bits per heavy atom. The number of carbonyl (C=O) groups excluding carboxylic acids is 1. The van der Waals surface area contributed by atoms with Crippen molar-refractivity contribution in [2.75, 3.05) is 31.6 Å². The minimum atomic E-state index is 0.112. The fourth-order valence-electron chi connectivity index (χ4n) is 2.68. The first-order chi connectivity index (χ1) is 10.2. The summed E-state index contributed by atoms with van der Waals surface area (Å²) in [5, 5.41) is 3.32. The first-order valence-electron chi connectivity index (χ1n) is 7.99. The lowest BCUT2D eigenvalue weighted by Gasteiger charge is -2.32. The number of nitrogens with zero attached hydrogens (tertiary/aromatic N) is 1. The molecule has 1 heterocycles. The molecular formula is C17H26N2O2. The molecule has 0 saturated carbocycles. The Hall–Kier alpha value is -1.55. The van der Waals surface area contributed by atoms with Crippen molar-refractivity contribution in [1.29, 1.82) is 0 Å². The average Bonchev–Trinajstić information content (AvgIpc) is 2.53. The number of likely N-dealkylation sites (tertiary alicyclic amines) is 1. The van der Waals surface area contributed by atoms with Gasteiger partial charge in [0.2, 0.25) is 0 Å². The third-order valence-corrected chi connectivity index (χ3v) is 3.78. The van der Waals surface area contributed by atoms with Gasteiger partial charge in [-0.3, -0.25) is 4.79 Å². The molecule has 1 aromatic rings. The van der Waals surface area contributed by atoms with Crippen molar-refractivity contribution in [1.82, 2.24) is 4.90 Å². The van der Waals surface area contributed by atoms with E-state index in [9.17, 15) is 4.79 Å². The summed E-state index contributed by atoms with van der Waals surface area (Å²) < 4.78 is 5.66. The summed E-state index contributed by atoms with van der Waals surface area (Å²) in [4.78, 5) is 14.4. The molecule has 1 amide bonds. The Labute approximate surface area is 127 Å². The highest BCUT2D eigenvalue weighted by atomic mass is 16.5. The minimum absolute atomic E-state index is 0.112. The van der Waals surface area contributed by atoms with E-state index in [2.05, 4.69) is 12.2 Å². The van der Waals surface area contributed by atoms with Gasteiger partial charge >= 0.3 is 0 Å². The van der Waals surface area contributed by atoms with Gasteiger partial charge in [0, 0.05) is 37.5 Å². The average molecular weight is 290 g/mol. The number of ether oxygens (including phenoxy) is 1. The summed E-state index contributed by atoms with van der Waals surface area (Å²) >= 11 is 0. The smallest absolute Gasteiger partial charge is 0.253 e. The molecule has 2 rings (SSSR count). The van der Waals surface area contributed by atoms with E-state index in [0.29, 0.717) is 13.2 Å². The van der Waals surface area contributed by atoms with Crippen LogP contribution in [0, 0.1) is 0 Å². The van der Waals surface area contributed by atoms with Crippen LogP contribution in [0.15, 0.2) is 24.3 Å². The Morgan fingerprint density at radius 1 is 1.33 bits per heavy atom. The topological polar surface area (TPSA) is 41.6 Å². The SMILES string of the molecule is CCCNc1ccc(C(=O)N2CCCC(OCC)C2)cc1. The summed E-state index contributed by atoms with van der Waals surface area (Å²) in [5.41, 5.74) is 1.83. The summed E-state index contributed by atoms with van der Waals surface area (Å²) in [5.74, 6) is 0.112. The van der Waals surface area contributed by atoms with Gasteiger partial charge in [0.15, 0.2) is 0 Å². The highest BCUT2D eigenvalue weighted by molar-refractivity contribution is 5.94. The van der Waals surface area contributed by atoms with E-state index in [1.165, 1.54) is 0 Å². The van der Waals surface area contributed by atoms with E-state index in [0.717, 1.165) is 43.6 Å². The molecule has 0 radical (unpaired) electrons. The van der Waals surface area contributed by atoms with Crippen LogP contribution in [0.3, 0.4) is 0 Å². The maximum Gasteiger partial charge on any atom is 0.253 e. The number of piperidine rings is 1. The molecule has 1 unspecified atom stereocenters. The second kappa shape index (κ2) is 8.03. The molecule has 1 atom stereocenters. The van der Waals surface area contributed by atoms with E-state index >= 15 is 0 Å². The zero-order chi connectivity index (χ0) is 15.1. The van der Waals surface area contributed by atoms with Gasteiger partial charge in [0.05, 0.1) is 6.10 Å². The third kappa shape index (κ3) is 4.46. The van der Waals surface area contributed by atoms with Gasteiger partial charge in [-0.05, 0) is 50.5 Å². The van der Waals surface area contributed by atoms with Crippen LogP contribution in [0.1, 0.15) is 43.5 Å². The van der Waals surface area contributed by atoms with Crippen LogP contribution in [0.2, 0.25) is 0 Å². The molecule has 0 aliphatic carbocycles. The lowest BCUT2D eigenvalue weighted by atomic mass is 10.1. The molecule has 4 heteroatoms. The van der Waals surface area contributed by atoms with Crippen LogP contribution < -0.4 is 5.32 Å². The predicted molar refractivity (Wildman–Crippen MR) is 85.8 cm³/mol. The Bertz CT molecular complexity index is 443. The summed E-state index contributed by atoms with van der Waals surface area (Å²) in [6.45, 7) is 7.35.